The second kappa shape index (κ2) is 7.72. The number of hydrogen-bond donors (Lipinski definition) is 2. The molecule has 1 aromatic heterocycles. The van der Waals surface area contributed by atoms with Crippen LogP contribution < -0.4 is 10.6 Å². The van der Waals surface area contributed by atoms with Gasteiger partial charge in [0.25, 0.3) is 5.91 Å². The highest BCUT2D eigenvalue weighted by atomic mass is 79.9. The van der Waals surface area contributed by atoms with Crippen molar-refractivity contribution >= 4 is 33.5 Å². The summed E-state index contributed by atoms with van der Waals surface area (Å²) >= 11 is 3.41. The first-order valence-electron chi connectivity index (χ1n) is 7.87. The lowest BCUT2D eigenvalue weighted by Crippen LogP contribution is -2.20. The number of benzene rings is 1. The van der Waals surface area contributed by atoms with Crippen molar-refractivity contribution in [1.29, 1.82) is 0 Å². The van der Waals surface area contributed by atoms with E-state index in [1.54, 1.807) is 0 Å². The third-order valence-corrected chi connectivity index (χ3v) is 4.36. The molecule has 0 radical (unpaired) electrons. The second-order valence-electron chi connectivity index (χ2n) is 5.72. The van der Waals surface area contributed by atoms with Crippen LogP contribution in [0.25, 0.3) is 0 Å². The van der Waals surface area contributed by atoms with Gasteiger partial charge in [-0.3, -0.25) is 4.79 Å². The van der Waals surface area contributed by atoms with Gasteiger partial charge in [-0.15, -0.1) is 0 Å². The average molecular weight is 391 g/mol. The Labute approximate surface area is 149 Å². The van der Waals surface area contributed by atoms with Crippen molar-refractivity contribution in [3.05, 3.63) is 46.2 Å². The largest absolute Gasteiger partial charge is 0.376 e. The van der Waals surface area contributed by atoms with E-state index in [-0.39, 0.29) is 12.0 Å². The van der Waals surface area contributed by atoms with Gasteiger partial charge in [-0.1, -0.05) is 15.9 Å². The molecular formula is C17H19BrN4O2. The molecular weight excluding hydrogens is 372 g/mol. The summed E-state index contributed by atoms with van der Waals surface area (Å²) in [6.45, 7) is 3.44. The molecule has 0 saturated carbocycles. The molecule has 1 unspecified atom stereocenters. The number of nitrogens with one attached hydrogen (secondary N) is 2. The van der Waals surface area contributed by atoms with Gasteiger partial charge in [0.05, 0.1) is 11.7 Å². The lowest BCUT2D eigenvalue weighted by Gasteiger charge is -2.11. The van der Waals surface area contributed by atoms with Gasteiger partial charge in [0, 0.05) is 35.7 Å². The van der Waals surface area contributed by atoms with Gasteiger partial charge in [-0.05, 0) is 43.5 Å². The van der Waals surface area contributed by atoms with Crippen LogP contribution >= 0.6 is 15.9 Å². The van der Waals surface area contributed by atoms with Gasteiger partial charge < -0.3 is 15.4 Å². The van der Waals surface area contributed by atoms with Crippen molar-refractivity contribution in [3.63, 3.8) is 0 Å². The summed E-state index contributed by atoms with van der Waals surface area (Å²) in [7, 11) is 0. The smallest absolute Gasteiger partial charge is 0.258 e. The standard InChI is InChI=1S/C17H19BrN4O2/c1-11-7-13(18)4-5-15(11)22-16(23)12-8-19-17(20-9-12)21-10-14-3-2-6-24-14/h4-5,7-9,14H,2-3,6,10H2,1H3,(H,22,23)(H,19,20,21). The number of hydrogen-bond acceptors (Lipinski definition) is 5. The third kappa shape index (κ3) is 4.30. The second-order valence-corrected chi connectivity index (χ2v) is 6.64. The summed E-state index contributed by atoms with van der Waals surface area (Å²) in [6.07, 6.45) is 5.42. The fourth-order valence-electron chi connectivity index (χ4n) is 2.51. The molecule has 2 N–H and O–H groups in total. The zero-order valence-corrected chi connectivity index (χ0v) is 15.0. The Morgan fingerprint density at radius 1 is 1.38 bits per heavy atom. The first-order valence-corrected chi connectivity index (χ1v) is 8.66. The molecule has 3 rings (SSSR count). The average Bonchev–Trinajstić information content (AvgIpc) is 3.09. The number of rotatable bonds is 5. The Kier molecular flexibility index (Phi) is 5.42. The number of aromatic nitrogens is 2. The quantitative estimate of drug-likeness (QED) is 0.817. The summed E-state index contributed by atoms with van der Waals surface area (Å²) in [6, 6.07) is 5.69. The maximum atomic E-state index is 12.3. The van der Waals surface area contributed by atoms with Crippen LogP contribution in [0, 0.1) is 6.92 Å². The molecule has 0 aliphatic carbocycles. The zero-order chi connectivity index (χ0) is 16.9. The summed E-state index contributed by atoms with van der Waals surface area (Å²) in [5.41, 5.74) is 2.16. The Morgan fingerprint density at radius 2 is 2.17 bits per heavy atom. The van der Waals surface area contributed by atoms with Gasteiger partial charge in [-0.25, -0.2) is 9.97 Å². The van der Waals surface area contributed by atoms with Crippen LogP contribution in [-0.2, 0) is 4.74 Å². The van der Waals surface area contributed by atoms with E-state index >= 15 is 0 Å². The number of amides is 1. The third-order valence-electron chi connectivity index (χ3n) is 3.86. The number of carbonyl (C=O) groups excluding carboxylic acids is 1. The van der Waals surface area contributed by atoms with Crippen LogP contribution in [0.4, 0.5) is 11.6 Å². The Morgan fingerprint density at radius 3 is 2.83 bits per heavy atom. The van der Waals surface area contributed by atoms with Crippen LogP contribution in [0.1, 0.15) is 28.8 Å². The van der Waals surface area contributed by atoms with Crippen LogP contribution in [0.2, 0.25) is 0 Å². The number of halogens is 1. The number of anilines is 2. The highest BCUT2D eigenvalue weighted by Crippen LogP contribution is 2.20. The summed E-state index contributed by atoms with van der Waals surface area (Å²) < 4.78 is 6.51. The van der Waals surface area contributed by atoms with E-state index in [0.717, 1.165) is 35.2 Å². The molecule has 7 heteroatoms. The van der Waals surface area contributed by atoms with E-state index in [1.165, 1.54) is 12.4 Å². The molecule has 1 aliphatic rings. The SMILES string of the molecule is Cc1cc(Br)ccc1NC(=O)c1cnc(NCC2CCCO2)nc1. The molecule has 24 heavy (non-hydrogen) atoms. The molecule has 1 aliphatic heterocycles. The zero-order valence-electron chi connectivity index (χ0n) is 13.4. The van der Waals surface area contributed by atoms with E-state index in [1.807, 2.05) is 25.1 Å². The molecule has 1 amide bonds. The Balaban J connectivity index is 1.58. The molecule has 126 valence electrons. The predicted octanol–water partition coefficient (Wildman–Crippen LogP) is 3.39. The molecule has 1 atom stereocenters. The van der Waals surface area contributed by atoms with Crippen molar-refractivity contribution in [2.75, 3.05) is 23.8 Å². The molecule has 2 aromatic rings. The predicted molar refractivity (Wildman–Crippen MR) is 96.3 cm³/mol. The first-order chi connectivity index (χ1) is 11.6. The number of ether oxygens (including phenoxy) is 1. The van der Waals surface area contributed by atoms with Crippen LogP contribution in [0.15, 0.2) is 35.1 Å². The van der Waals surface area contributed by atoms with Crippen molar-refractivity contribution in [1.82, 2.24) is 9.97 Å². The summed E-state index contributed by atoms with van der Waals surface area (Å²) in [5, 5.41) is 6.00. The molecule has 0 bridgehead atoms. The molecule has 1 saturated heterocycles. The Bertz CT molecular complexity index is 715. The number of nitrogens with zero attached hydrogens (tertiary/aromatic N) is 2. The van der Waals surface area contributed by atoms with E-state index in [9.17, 15) is 4.79 Å². The Hall–Kier alpha value is -1.99. The van der Waals surface area contributed by atoms with Crippen LogP contribution in [-0.4, -0.2) is 35.1 Å². The van der Waals surface area contributed by atoms with Gasteiger partial charge >= 0.3 is 0 Å². The van der Waals surface area contributed by atoms with Crippen molar-refractivity contribution in [2.45, 2.75) is 25.9 Å². The highest BCUT2D eigenvalue weighted by Gasteiger charge is 2.15. The molecule has 2 heterocycles. The molecule has 1 aromatic carbocycles. The van der Waals surface area contributed by atoms with Gasteiger partial charge in [-0.2, -0.15) is 0 Å². The minimum Gasteiger partial charge on any atom is -0.376 e. The lowest BCUT2D eigenvalue weighted by atomic mass is 10.2. The minimum absolute atomic E-state index is 0.219. The van der Waals surface area contributed by atoms with Gasteiger partial charge in [0.2, 0.25) is 5.95 Å². The topological polar surface area (TPSA) is 76.1 Å². The van der Waals surface area contributed by atoms with Crippen molar-refractivity contribution in [3.8, 4) is 0 Å². The normalized spacial score (nSPS) is 16.8. The van der Waals surface area contributed by atoms with E-state index in [0.29, 0.717) is 18.1 Å². The van der Waals surface area contributed by atoms with E-state index < -0.39 is 0 Å². The first kappa shape index (κ1) is 16.9. The van der Waals surface area contributed by atoms with Crippen molar-refractivity contribution in [2.24, 2.45) is 0 Å². The molecule has 1 fully saturated rings. The molecule has 0 spiro atoms. The maximum absolute atomic E-state index is 12.3. The van der Waals surface area contributed by atoms with Crippen LogP contribution in [0.3, 0.4) is 0 Å². The van der Waals surface area contributed by atoms with Crippen LogP contribution in [0.5, 0.6) is 0 Å². The summed E-state index contributed by atoms with van der Waals surface area (Å²) in [5.74, 6) is 0.271. The highest BCUT2D eigenvalue weighted by molar-refractivity contribution is 9.10. The maximum Gasteiger partial charge on any atom is 0.258 e. The van der Waals surface area contributed by atoms with Gasteiger partial charge in [0.1, 0.15) is 0 Å². The van der Waals surface area contributed by atoms with E-state index in [2.05, 4.69) is 36.5 Å². The summed E-state index contributed by atoms with van der Waals surface area (Å²) in [4.78, 5) is 20.7. The van der Waals surface area contributed by atoms with Gasteiger partial charge in [0.15, 0.2) is 0 Å². The fourth-order valence-corrected chi connectivity index (χ4v) is 2.98. The fraction of sp³-hybridized carbons (Fsp3) is 0.353. The monoisotopic (exact) mass is 390 g/mol. The minimum atomic E-state index is -0.230. The number of carbonyl (C=O) groups is 1. The molecule has 6 nitrogen and oxygen atoms in total. The number of aryl methyl sites for hydroxylation is 1. The van der Waals surface area contributed by atoms with E-state index in [4.69, 9.17) is 4.74 Å². The van der Waals surface area contributed by atoms with Crippen molar-refractivity contribution < 1.29 is 9.53 Å². The lowest BCUT2D eigenvalue weighted by molar-refractivity contribution is 0.102.